The van der Waals surface area contributed by atoms with Crippen LogP contribution in [0.3, 0.4) is 0 Å². The normalized spacial score (nSPS) is 14.5. The molecule has 0 amide bonds. The van der Waals surface area contributed by atoms with Crippen LogP contribution in [0.5, 0.6) is 0 Å². The summed E-state index contributed by atoms with van der Waals surface area (Å²) in [5, 5.41) is 18.8. The topological polar surface area (TPSA) is 40.5 Å². The molecule has 2 N–H and O–H groups in total. The number of rotatable bonds is 6. The Morgan fingerprint density at radius 3 is 2.33 bits per heavy atom. The lowest BCUT2D eigenvalue weighted by molar-refractivity contribution is 0.0780. The fourth-order valence-electron chi connectivity index (χ4n) is 1.42. The van der Waals surface area contributed by atoms with Crippen molar-refractivity contribution < 1.29 is 10.2 Å². The molecule has 0 aliphatic rings. The minimum absolute atomic E-state index is 0.00245. The highest BCUT2D eigenvalue weighted by atomic mass is 16.3. The Morgan fingerprint density at radius 2 is 1.87 bits per heavy atom. The Hall–Kier alpha value is -0.520. The first kappa shape index (κ1) is 14.5. The van der Waals surface area contributed by atoms with E-state index < -0.39 is 6.10 Å². The van der Waals surface area contributed by atoms with E-state index in [4.69, 9.17) is 5.11 Å². The lowest BCUT2D eigenvalue weighted by atomic mass is 9.91. The van der Waals surface area contributed by atoms with Crippen molar-refractivity contribution in [2.45, 2.75) is 52.6 Å². The molecule has 0 saturated carbocycles. The van der Waals surface area contributed by atoms with Gasteiger partial charge in [-0.2, -0.15) is 0 Å². The summed E-state index contributed by atoms with van der Waals surface area (Å²) in [6.45, 7) is 6.14. The van der Waals surface area contributed by atoms with Crippen molar-refractivity contribution in [3.63, 3.8) is 0 Å². The van der Waals surface area contributed by atoms with Crippen LogP contribution in [0.4, 0.5) is 0 Å². The Bertz CT molecular complexity index is 200. The van der Waals surface area contributed by atoms with Crippen molar-refractivity contribution in [3.05, 3.63) is 0 Å². The zero-order valence-corrected chi connectivity index (χ0v) is 10.2. The van der Waals surface area contributed by atoms with Gasteiger partial charge in [-0.05, 0) is 12.3 Å². The van der Waals surface area contributed by atoms with E-state index in [2.05, 4.69) is 18.8 Å². The second-order valence-corrected chi connectivity index (χ2v) is 4.31. The third-order valence-electron chi connectivity index (χ3n) is 2.63. The monoisotopic (exact) mass is 212 g/mol. The largest absolute Gasteiger partial charge is 0.396 e. The standard InChI is InChI=1S/C13H24O2/c1-4-5-6-7-8-9-13(15)12(10-14)11(2)3/h11-15H,4-7,10H2,1-3H3/t12-,13-/m1/s1. The number of aliphatic hydroxyl groups excluding tert-OH is 2. The second-order valence-electron chi connectivity index (χ2n) is 4.31. The van der Waals surface area contributed by atoms with Gasteiger partial charge in [-0.15, -0.1) is 5.92 Å². The van der Waals surface area contributed by atoms with Gasteiger partial charge < -0.3 is 10.2 Å². The van der Waals surface area contributed by atoms with Gasteiger partial charge in [-0.3, -0.25) is 0 Å². The van der Waals surface area contributed by atoms with Crippen molar-refractivity contribution in [2.75, 3.05) is 6.61 Å². The van der Waals surface area contributed by atoms with Crippen LogP contribution >= 0.6 is 0 Å². The van der Waals surface area contributed by atoms with Crippen LogP contribution in [0.15, 0.2) is 0 Å². The average molecular weight is 212 g/mol. The molecule has 0 aliphatic carbocycles. The number of aliphatic hydroxyl groups is 2. The highest BCUT2D eigenvalue weighted by molar-refractivity contribution is 5.06. The van der Waals surface area contributed by atoms with Gasteiger partial charge in [-0.25, -0.2) is 0 Å². The molecule has 0 unspecified atom stereocenters. The van der Waals surface area contributed by atoms with Gasteiger partial charge in [0.05, 0.1) is 0 Å². The minimum Gasteiger partial charge on any atom is -0.396 e. The first-order valence-electron chi connectivity index (χ1n) is 5.90. The summed E-state index contributed by atoms with van der Waals surface area (Å²) in [4.78, 5) is 0. The second kappa shape index (κ2) is 8.76. The molecule has 2 atom stereocenters. The van der Waals surface area contributed by atoms with Gasteiger partial charge in [0.25, 0.3) is 0 Å². The summed E-state index contributed by atoms with van der Waals surface area (Å²) in [6.07, 6.45) is 3.65. The summed E-state index contributed by atoms with van der Waals surface area (Å²) >= 11 is 0. The minimum atomic E-state index is -0.684. The van der Waals surface area contributed by atoms with Crippen LogP contribution < -0.4 is 0 Å². The third-order valence-corrected chi connectivity index (χ3v) is 2.63. The van der Waals surface area contributed by atoms with E-state index in [-0.39, 0.29) is 18.4 Å². The molecule has 0 radical (unpaired) electrons. The molecule has 0 aromatic heterocycles. The van der Waals surface area contributed by atoms with Gasteiger partial charge >= 0.3 is 0 Å². The van der Waals surface area contributed by atoms with Gasteiger partial charge in [0.1, 0.15) is 6.10 Å². The molecule has 0 aromatic rings. The van der Waals surface area contributed by atoms with E-state index in [1.165, 1.54) is 12.8 Å². The number of hydrogen-bond acceptors (Lipinski definition) is 2. The Balaban J connectivity index is 3.92. The van der Waals surface area contributed by atoms with Crippen LogP contribution in [0, 0.1) is 23.7 Å². The first-order chi connectivity index (χ1) is 7.13. The SMILES string of the molecule is CCCCCC#C[C@@H](O)[C@H](CO)C(C)C. The molecule has 0 saturated heterocycles. The summed E-state index contributed by atoms with van der Waals surface area (Å²) in [5.74, 6) is 5.94. The molecule has 0 fully saturated rings. The molecular formula is C13H24O2. The molecule has 0 spiro atoms. The molecule has 2 nitrogen and oxygen atoms in total. The van der Waals surface area contributed by atoms with Crippen LogP contribution in [-0.2, 0) is 0 Å². The number of hydrogen-bond donors (Lipinski definition) is 2. The molecule has 15 heavy (non-hydrogen) atoms. The smallest absolute Gasteiger partial charge is 0.119 e. The van der Waals surface area contributed by atoms with Crippen LogP contribution in [0.1, 0.15) is 46.5 Å². The van der Waals surface area contributed by atoms with E-state index >= 15 is 0 Å². The van der Waals surface area contributed by atoms with Crippen LogP contribution in [0.2, 0.25) is 0 Å². The van der Waals surface area contributed by atoms with Crippen LogP contribution in [0.25, 0.3) is 0 Å². The summed E-state index contributed by atoms with van der Waals surface area (Å²) in [5.41, 5.74) is 0. The highest BCUT2D eigenvalue weighted by Crippen LogP contribution is 2.14. The summed E-state index contributed by atoms with van der Waals surface area (Å²) < 4.78 is 0. The average Bonchev–Trinajstić information content (AvgIpc) is 2.18. The molecule has 0 heterocycles. The molecule has 0 aliphatic heterocycles. The van der Waals surface area contributed by atoms with Crippen molar-refractivity contribution >= 4 is 0 Å². The van der Waals surface area contributed by atoms with Crippen LogP contribution in [-0.4, -0.2) is 22.9 Å². The zero-order chi connectivity index (χ0) is 11.7. The van der Waals surface area contributed by atoms with E-state index in [0.29, 0.717) is 0 Å². The Labute approximate surface area is 93.7 Å². The van der Waals surface area contributed by atoms with E-state index in [9.17, 15) is 5.11 Å². The van der Waals surface area contributed by atoms with Gasteiger partial charge in [-0.1, -0.05) is 39.5 Å². The van der Waals surface area contributed by atoms with E-state index in [1.54, 1.807) is 0 Å². The van der Waals surface area contributed by atoms with Crippen molar-refractivity contribution in [2.24, 2.45) is 11.8 Å². The molecule has 0 rings (SSSR count). The summed E-state index contributed by atoms with van der Waals surface area (Å²) in [6, 6.07) is 0. The van der Waals surface area contributed by atoms with Crippen molar-refractivity contribution in [1.82, 2.24) is 0 Å². The predicted octanol–water partition coefficient (Wildman–Crippen LogP) is 2.20. The van der Waals surface area contributed by atoms with Gasteiger partial charge in [0.15, 0.2) is 0 Å². The lowest BCUT2D eigenvalue weighted by Crippen LogP contribution is -2.27. The highest BCUT2D eigenvalue weighted by Gasteiger charge is 2.19. The van der Waals surface area contributed by atoms with Crippen molar-refractivity contribution in [1.29, 1.82) is 0 Å². The van der Waals surface area contributed by atoms with E-state index in [1.807, 2.05) is 13.8 Å². The predicted molar refractivity (Wildman–Crippen MR) is 63.3 cm³/mol. The van der Waals surface area contributed by atoms with Crippen molar-refractivity contribution in [3.8, 4) is 11.8 Å². The fraction of sp³-hybridized carbons (Fsp3) is 0.846. The van der Waals surface area contributed by atoms with E-state index in [0.717, 1.165) is 12.8 Å². The van der Waals surface area contributed by atoms with Gasteiger partial charge in [0.2, 0.25) is 0 Å². The summed E-state index contributed by atoms with van der Waals surface area (Å²) in [7, 11) is 0. The lowest BCUT2D eigenvalue weighted by Gasteiger charge is -2.20. The number of unbranched alkanes of at least 4 members (excludes halogenated alkanes) is 3. The third kappa shape index (κ3) is 6.54. The maximum absolute atomic E-state index is 9.70. The van der Waals surface area contributed by atoms with Gasteiger partial charge in [0, 0.05) is 18.9 Å². The fourth-order valence-corrected chi connectivity index (χ4v) is 1.42. The maximum Gasteiger partial charge on any atom is 0.119 e. The molecule has 0 aromatic carbocycles. The zero-order valence-electron chi connectivity index (χ0n) is 10.2. The quantitative estimate of drug-likeness (QED) is 0.523. The molecule has 88 valence electrons. The first-order valence-corrected chi connectivity index (χ1v) is 5.90. The maximum atomic E-state index is 9.70. The molecular weight excluding hydrogens is 188 g/mol. The Morgan fingerprint density at radius 1 is 1.20 bits per heavy atom. The Kier molecular flexibility index (Phi) is 8.46. The molecule has 0 bridgehead atoms. The molecule has 2 heteroatoms.